The second-order valence-corrected chi connectivity index (χ2v) is 2.70. The summed E-state index contributed by atoms with van der Waals surface area (Å²) in [4.78, 5) is 0. The molecule has 4 N–H and O–H groups in total. The van der Waals surface area contributed by atoms with Gasteiger partial charge in [0, 0.05) is 6.29 Å². The SMILES string of the molecule is [O-][C@H]1O[C@H](CO)[C@H](O)[C@@H](O)[C@@H]1O. The smallest absolute Gasteiger partial charge is 0.111 e. The zero-order valence-electron chi connectivity index (χ0n) is 6.20. The van der Waals surface area contributed by atoms with Crippen molar-refractivity contribution in [3.05, 3.63) is 0 Å². The zero-order chi connectivity index (χ0) is 9.30. The topological polar surface area (TPSA) is 113 Å². The summed E-state index contributed by atoms with van der Waals surface area (Å²) in [5.74, 6) is 0. The fourth-order valence-corrected chi connectivity index (χ4v) is 1.07. The summed E-state index contributed by atoms with van der Waals surface area (Å²) in [6.45, 7) is -0.566. The summed E-state index contributed by atoms with van der Waals surface area (Å²) < 4.78 is 4.46. The number of rotatable bonds is 1. The van der Waals surface area contributed by atoms with Gasteiger partial charge < -0.3 is 30.3 Å². The molecule has 0 aromatic rings. The van der Waals surface area contributed by atoms with Gasteiger partial charge in [-0.3, -0.25) is 0 Å². The normalized spacial score (nSPS) is 49.2. The van der Waals surface area contributed by atoms with Crippen molar-refractivity contribution in [1.82, 2.24) is 0 Å². The number of ether oxygens (including phenoxy) is 1. The molecule has 1 aliphatic rings. The maximum atomic E-state index is 10.7. The maximum absolute atomic E-state index is 10.7. The average Bonchev–Trinajstić information content (AvgIpc) is 2.08. The standard InChI is InChI=1S/C6H11O6/c7-1-2-3(8)4(9)5(10)6(11)12-2/h2-10H,1H2/q-1/t2-,3+,4-,5+,6+/m1/s1. The lowest BCUT2D eigenvalue weighted by Gasteiger charge is -2.43. The molecule has 1 saturated heterocycles. The van der Waals surface area contributed by atoms with Crippen molar-refractivity contribution < 1.29 is 30.3 Å². The van der Waals surface area contributed by atoms with Gasteiger partial charge in [0.15, 0.2) is 0 Å². The largest absolute Gasteiger partial charge is 0.829 e. The number of hydrogen-bond donors (Lipinski definition) is 4. The van der Waals surface area contributed by atoms with Crippen LogP contribution in [0.4, 0.5) is 0 Å². The Bertz CT molecular complexity index is 146. The van der Waals surface area contributed by atoms with Crippen LogP contribution in [0.5, 0.6) is 0 Å². The van der Waals surface area contributed by atoms with E-state index in [0.717, 1.165) is 0 Å². The Hall–Kier alpha value is -0.240. The minimum Gasteiger partial charge on any atom is -0.829 e. The van der Waals surface area contributed by atoms with Crippen LogP contribution in [0.2, 0.25) is 0 Å². The van der Waals surface area contributed by atoms with Gasteiger partial charge in [-0.25, -0.2) is 0 Å². The molecular formula is C6H11O6-. The second kappa shape index (κ2) is 3.65. The predicted octanol–water partition coefficient (Wildman–Crippen LogP) is -3.85. The summed E-state index contributed by atoms with van der Waals surface area (Å²) in [6, 6.07) is 0. The van der Waals surface area contributed by atoms with Gasteiger partial charge in [0.25, 0.3) is 0 Å². The lowest BCUT2D eigenvalue weighted by atomic mass is 10.00. The van der Waals surface area contributed by atoms with Gasteiger partial charge in [-0.05, 0) is 0 Å². The molecule has 0 saturated carbocycles. The van der Waals surface area contributed by atoms with Gasteiger partial charge in [0.05, 0.1) is 12.7 Å². The monoisotopic (exact) mass is 179 g/mol. The van der Waals surface area contributed by atoms with E-state index in [4.69, 9.17) is 20.4 Å². The first-order valence-electron chi connectivity index (χ1n) is 3.54. The summed E-state index contributed by atoms with van der Waals surface area (Å²) >= 11 is 0. The molecule has 1 fully saturated rings. The van der Waals surface area contributed by atoms with Gasteiger partial charge in [0.2, 0.25) is 0 Å². The van der Waals surface area contributed by atoms with Crippen LogP contribution in [-0.2, 0) is 4.74 Å². The van der Waals surface area contributed by atoms with Crippen molar-refractivity contribution >= 4 is 0 Å². The Kier molecular flexibility index (Phi) is 2.99. The zero-order valence-corrected chi connectivity index (χ0v) is 6.20. The van der Waals surface area contributed by atoms with Crippen molar-refractivity contribution in [3.8, 4) is 0 Å². The first-order chi connectivity index (χ1) is 5.57. The Morgan fingerprint density at radius 3 is 2.17 bits per heavy atom. The lowest BCUT2D eigenvalue weighted by Crippen LogP contribution is -2.62. The summed E-state index contributed by atoms with van der Waals surface area (Å²) in [5, 5.41) is 46.3. The van der Waals surface area contributed by atoms with Crippen LogP contribution in [0, 0.1) is 0 Å². The molecule has 1 heterocycles. The fraction of sp³-hybridized carbons (Fsp3) is 1.00. The molecule has 6 nitrogen and oxygen atoms in total. The predicted molar refractivity (Wildman–Crippen MR) is 33.8 cm³/mol. The van der Waals surface area contributed by atoms with Crippen LogP contribution in [0.25, 0.3) is 0 Å². The number of hydrogen-bond acceptors (Lipinski definition) is 6. The van der Waals surface area contributed by atoms with Crippen LogP contribution in [0.1, 0.15) is 0 Å². The summed E-state index contributed by atoms with van der Waals surface area (Å²) in [5.41, 5.74) is 0. The van der Waals surface area contributed by atoms with Crippen LogP contribution >= 0.6 is 0 Å². The molecule has 0 aromatic carbocycles. The third-order valence-corrected chi connectivity index (χ3v) is 1.85. The van der Waals surface area contributed by atoms with Crippen molar-refractivity contribution in [1.29, 1.82) is 0 Å². The first kappa shape index (κ1) is 9.85. The minimum absolute atomic E-state index is 0.566. The molecule has 1 rings (SSSR count). The van der Waals surface area contributed by atoms with E-state index in [-0.39, 0.29) is 0 Å². The van der Waals surface area contributed by atoms with E-state index < -0.39 is 37.3 Å². The molecule has 0 amide bonds. The van der Waals surface area contributed by atoms with E-state index >= 15 is 0 Å². The third kappa shape index (κ3) is 1.58. The molecule has 1 aliphatic heterocycles. The van der Waals surface area contributed by atoms with Crippen molar-refractivity contribution in [2.24, 2.45) is 0 Å². The van der Waals surface area contributed by atoms with Crippen LogP contribution in [0.3, 0.4) is 0 Å². The Labute approximate surface area is 68.6 Å². The summed E-state index contributed by atoms with van der Waals surface area (Å²) in [7, 11) is 0. The van der Waals surface area contributed by atoms with Crippen molar-refractivity contribution in [3.63, 3.8) is 0 Å². The third-order valence-electron chi connectivity index (χ3n) is 1.85. The van der Waals surface area contributed by atoms with Crippen LogP contribution in [-0.4, -0.2) is 57.7 Å². The molecule has 0 aliphatic carbocycles. The van der Waals surface area contributed by atoms with E-state index in [1.54, 1.807) is 0 Å². The van der Waals surface area contributed by atoms with Crippen molar-refractivity contribution in [2.45, 2.75) is 30.7 Å². The van der Waals surface area contributed by atoms with Crippen LogP contribution < -0.4 is 5.11 Å². The summed E-state index contributed by atoms with van der Waals surface area (Å²) in [6.07, 6.45) is -7.57. The van der Waals surface area contributed by atoms with Crippen molar-refractivity contribution in [2.75, 3.05) is 6.61 Å². The van der Waals surface area contributed by atoms with Crippen LogP contribution in [0.15, 0.2) is 0 Å². The number of aliphatic hydroxyl groups excluding tert-OH is 4. The molecule has 0 spiro atoms. The first-order valence-corrected chi connectivity index (χ1v) is 3.54. The minimum atomic E-state index is -1.82. The molecule has 0 unspecified atom stereocenters. The van der Waals surface area contributed by atoms with E-state index in [1.807, 2.05) is 0 Å². The highest BCUT2D eigenvalue weighted by molar-refractivity contribution is 4.87. The fourth-order valence-electron chi connectivity index (χ4n) is 1.07. The highest BCUT2D eigenvalue weighted by Gasteiger charge is 2.38. The van der Waals surface area contributed by atoms with E-state index in [1.165, 1.54) is 0 Å². The number of aliphatic hydroxyl groups is 4. The molecule has 72 valence electrons. The van der Waals surface area contributed by atoms with Gasteiger partial charge in [-0.1, -0.05) is 0 Å². The molecule has 0 bridgehead atoms. The molecule has 12 heavy (non-hydrogen) atoms. The Balaban J connectivity index is 2.63. The molecule has 0 radical (unpaired) electrons. The molecular weight excluding hydrogens is 168 g/mol. The van der Waals surface area contributed by atoms with E-state index in [0.29, 0.717) is 0 Å². The Morgan fingerprint density at radius 1 is 1.08 bits per heavy atom. The average molecular weight is 179 g/mol. The van der Waals surface area contributed by atoms with Gasteiger partial charge in [-0.2, -0.15) is 0 Å². The highest BCUT2D eigenvalue weighted by atomic mass is 16.6. The van der Waals surface area contributed by atoms with Gasteiger partial charge in [-0.15, -0.1) is 0 Å². The second-order valence-electron chi connectivity index (χ2n) is 2.70. The van der Waals surface area contributed by atoms with E-state index in [2.05, 4.69) is 4.74 Å². The van der Waals surface area contributed by atoms with E-state index in [9.17, 15) is 5.11 Å². The quantitative estimate of drug-likeness (QED) is 0.328. The molecule has 5 atom stereocenters. The molecule has 0 aromatic heterocycles. The Morgan fingerprint density at radius 2 is 1.67 bits per heavy atom. The lowest BCUT2D eigenvalue weighted by molar-refractivity contribution is -0.532. The molecule has 6 heteroatoms. The van der Waals surface area contributed by atoms with Gasteiger partial charge >= 0.3 is 0 Å². The maximum Gasteiger partial charge on any atom is 0.111 e. The highest BCUT2D eigenvalue weighted by Crippen LogP contribution is 2.17. The van der Waals surface area contributed by atoms with Gasteiger partial charge in [0.1, 0.15) is 18.3 Å².